The average Bonchev–Trinajstić information content (AvgIpc) is 2.42. The van der Waals surface area contributed by atoms with E-state index in [2.05, 4.69) is 36.6 Å². The number of rotatable bonds is 4. The van der Waals surface area contributed by atoms with Gasteiger partial charge >= 0.3 is 0 Å². The highest BCUT2D eigenvalue weighted by atomic mass is 79.9. The van der Waals surface area contributed by atoms with Gasteiger partial charge in [0.15, 0.2) is 5.82 Å². The third kappa shape index (κ3) is 2.74. The third-order valence-corrected chi connectivity index (χ3v) is 3.83. The van der Waals surface area contributed by atoms with E-state index < -0.39 is 0 Å². The molecule has 0 unspecified atom stereocenters. The van der Waals surface area contributed by atoms with E-state index in [-0.39, 0.29) is 0 Å². The summed E-state index contributed by atoms with van der Waals surface area (Å²) in [6, 6.07) is 8.01. The van der Waals surface area contributed by atoms with E-state index in [1.807, 2.05) is 30.5 Å². The van der Waals surface area contributed by atoms with Gasteiger partial charge in [0, 0.05) is 4.90 Å². The Morgan fingerprint density at radius 2 is 1.94 bits per heavy atom. The van der Waals surface area contributed by atoms with Gasteiger partial charge in [-0.05, 0) is 34.3 Å². The van der Waals surface area contributed by atoms with Gasteiger partial charge in [0.05, 0.1) is 5.69 Å². The average molecular weight is 326 g/mol. The number of anilines is 3. The van der Waals surface area contributed by atoms with Crippen molar-refractivity contribution in [3.63, 3.8) is 0 Å². The number of nitrogens with two attached hydrogens (primary N) is 1. The van der Waals surface area contributed by atoms with Crippen LogP contribution in [-0.2, 0) is 0 Å². The molecule has 0 aliphatic rings. The number of hydrogen-bond donors (Lipinski definition) is 3. The molecule has 0 fully saturated rings. The van der Waals surface area contributed by atoms with Crippen molar-refractivity contribution in [2.75, 3.05) is 17.0 Å². The first-order chi connectivity index (χ1) is 8.76. The summed E-state index contributed by atoms with van der Waals surface area (Å²) in [5, 5.41) is 3.25. The summed E-state index contributed by atoms with van der Waals surface area (Å²) in [6.45, 7) is 0. The molecule has 0 radical (unpaired) electrons. The predicted octanol–water partition coefficient (Wildman–Crippen LogP) is 2.99. The molecule has 18 heavy (non-hydrogen) atoms. The van der Waals surface area contributed by atoms with Crippen molar-refractivity contribution in [1.82, 2.24) is 9.97 Å². The van der Waals surface area contributed by atoms with E-state index in [0.29, 0.717) is 16.1 Å². The van der Waals surface area contributed by atoms with Crippen molar-refractivity contribution in [2.45, 2.75) is 4.90 Å². The number of benzene rings is 1. The summed E-state index contributed by atoms with van der Waals surface area (Å²) in [5.41, 5.74) is 3.50. The third-order valence-electron chi connectivity index (χ3n) is 2.29. The van der Waals surface area contributed by atoms with Crippen molar-refractivity contribution < 1.29 is 0 Å². The number of halogens is 1. The second-order valence-corrected chi connectivity index (χ2v) is 5.00. The molecule has 0 saturated heterocycles. The Labute approximate surface area is 118 Å². The van der Waals surface area contributed by atoms with E-state index in [9.17, 15) is 0 Å². The first-order valence-electron chi connectivity index (χ1n) is 5.13. The van der Waals surface area contributed by atoms with Crippen molar-refractivity contribution in [3.8, 4) is 0 Å². The molecule has 0 aliphatic heterocycles. The molecule has 5 nitrogen and oxygen atoms in total. The first kappa shape index (κ1) is 13.1. The van der Waals surface area contributed by atoms with E-state index in [1.165, 1.54) is 6.33 Å². The minimum Gasteiger partial charge on any atom is -0.338 e. The summed E-state index contributed by atoms with van der Waals surface area (Å²) < 4.78 is 0.698. The van der Waals surface area contributed by atoms with E-state index in [0.717, 1.165) is 10.6 Å². The zero-order valence-corrected chi connectivity index (χ0v) is 12.0. The predicted molar refractivity (Wildman–Crippen MR) is 79.0 cm³/mol. The minimum absolute atomic E-state index is 0.536. The lowest BCUT2D eigenvalue weighted by Crippen LogP contribution is -2.10. The fourth-order valence-corrected chi connectivity index (χ4v) is 2.41. The maximum absolute atomic E-state index is 5.37. The van der Waals surface area contributed by atoms with Crippen LogP contribution in [0.25, 0.3) is 0 Å². The van der Waals surface area contributed by atoms with Crippen LogP contribution in [0.4, 0.5) is 17.3 Å². The Morgan fingerprint density at radius 1 is 1.22 bits per heavy atom. The standard InChI is InChI=1S/C11H12BrN5S/c1-18-8-5-3-2-4-7(8)16-10-9(12)11(17-13)15-6-14-10/h2-6H,13H2,1H3,(H2,14,15,16,17). The van der Waals surface area contributed by atoms with Crippen molar-refractivity contribution in [3.05, 3.63) is 35.1 Å². The minimum atomic E-state index is 0.536. The Kier molecular flexibility index (Phi) is 4.40. The van der Waals surface area contributed by atoms with Crippen LogP contribution < -0.4 is 16.6 Å². The number of thioether (sulfide) groups is 1. The van der Waals surface area contributed by atoms with Crippen LogP contribution in [0.5, 0.6) is 0 Å². The molecular weight excluding hydrogens is 314 g/mol. The molecule has 0 aliphatic carbocycles. The van der Waals surface area contributed by atoms with E-state index in [4.69, 9.17) is 5.84 Å². The summed E-state index contributed by atoms with van der Waals surface area (Å²) in [5.74, 6) is 6.57. The van der Waals surface area contributed by atoms with Gasteiger partial charge in [-0.3, -0.25) is 0 Å². The van der Waals surface area contributed by atoms with Gasteiger partial charge in [0.25, 0.3) is 0 Å². The van der Waals surface area contributed by atoms with Crippen molar-refractivity contribution in [2.24, 2.45) is 5.84 Å². The largest absolute Gasteiger partial charge is 0.338 e. The highest BCUT2D eigenvalue weighted by molar-refractivity contribution is 9.10. The fourth-order valence-electron chi connectivity index (χ4n) is 1.43. The molecule has 4 N–H and O–H groups in total. The molecule has 2 aromatic rings. The zero-order valence-electron chi connectivity index (χ0n) is 9.64. The SMILES string of the molecule is CSc1ccccc1Nc1ncnc(NN)c1Br. The summed E-state index contributed by atoms with van der Waals surface area (Å²) in [4.78, 5) is 9.33. The van der Waals surface area contributed by atoms with Crippen molar-refractivity contribution in [1.29, 1.82) is 0 Å². The number of para-hydroxylation sites is 1. The van der Waals surface area contributed by atoms with Gasteiger partial charge in [-0.15, -0.1) is 11.8 Å². The molecule has 1 heterocycles. The van der Waals surface area contributed by atoms with Crippen LogP contribution in [-0.4, -0.2) is 16.2 Å². The molecule has 0 atom stereocenters. The molecular formula is C11H12BrN5S. The van der Waals surface area contributed by atoms with Gasteiger partial charge in [-0.2, -0.15) is 0 Å². The van der Waals surface area contributed by atoms with Gasteiger partial charge in [0.1, 0.15) is 16.6 Å². The lowest BCUT2D eigenvalue weighted by atomic mass is 10.3. The van der Waals surface area contributed by atoms with Crippen LogP contribution >= 0.6 is 27.7 Å². The number of nitrogens with one attached hydrogen (secondary N) is 2. The quantitative estimate of drug-likeness (QED) is 0.456. The fraction of sp³-hybridized carbons (Fsp3) is 0.0909. The number of hydrogen-bond acceptors (Lipinski definition) is 6. The van der Waals surface area contributed by atoms with Crippen LogP contribution in [0.3, 0.4) is 0 Å². The topological polar surface area (TPSA) is 75.9 Å². The Bertz CT molecular complexity index is 549. The number of nitrogen functional groups attached to an aromatic ring is 1. The molecule has 0 amide bonds. The highest BCUT2D eigenvalue weighted by Crippen LogP contribution is 2.32. The normalized spacial score (nSPS) is 10.2. The monoisotopic (exact) mass is 325 g/mol. The lowest BCUT2D eigenvalue weighted by molar-refractivity contribution is 1.12. The Hall–Kier alpha value is -1.31. The number of aromatic nitrogens is 2. The molecule has 0 bridgehead atoms. The number of hydrazine groups is 1. The lowest BCUT2D eigenvalue weighted by Gasteiger charge is -2.12. The zero-order chi connectivity index (χ0) is 13.0. The number of nitrogens with zero attached hydrogens (tertiary/aromatic N) is 2. The van der Waals surface area contributed by atoms with Gasteiger partial charge in [-0.1, -0.05) is 12.1 Å². The second kappa shape index (κ2) is 6.03. The van der Waals surface area contributed by atoms with E-state index >= 15 is 0 Å². The maximum Gasteiger partial charge on any atom is 0.159 e. The second-order valence-electron chi connectivity index (χ2n) is 3.35. The summed E-state index contributed by atoms with van der Waals surface area (Å²) in [7, 11) is 0. The van der Waals surface area contributed by atoms with Crippen LogP contribution in [0.1, 0.15) is 0 Å². The molecule has 7 heteroatoms. The van der Waals surface area contributed by atoms with Crippen LogP contribution in [0.15, 0.2) is 40.0 Å². The summed E-state index contributed by atoms with van der Waals surface area (Å²) in [6.07, 6.45) is 3.48. The Morgan fingerprint density at radius 3 is 2.67 bits per heavy atom. The van der Waals surface area contributed by atoms with E-state index in [1.54, 1.807) is 11.8 Å². The molecule has 0 saturated carbocycles. The molecule has 1 aromatic heterocycles. The highest BCUT2D eigenvalue weighted by Gasteiger charge is 2.09. The Balaban J connectivity index is 2.34. The van der Waals surface area contributed by atoms with Gasteiger partial charge in [-0.25, -0.2) is 15.8 Å². The van der Waals surface area contributed by atoms with Gasteiger partial charge < -0.3 is 10.7 Å². The first-order valence-corrected chi connectivity index (χ1v) is 7.15. The smallest absolute Gasteiger partial charge is 0.159 e. The summed E-state index contributed by atoms with van der Waals surface area (Å²) >= 11 is 5.08. The molecule has 94 valence electrons. The van der Waals surface area contributed by atoms with Crippen LogP contribution in [0, 0.1) is 0 Å². The van der Waals surface area contributed by atoms with Crippen LogP contribution in [0.2, 0.25) is 0 Å². The molecule has 2 rings (SSSR count). The molecule has 0 spiro atoms. The maximum atomic E-state index is 5.37. The van der Waals surface area contributed by atoms with Crippen molar-refractivity contribution >= 4 is 45.0 Å². The molecule has 1 aromatic carbocycles. The van der Waals surface area contributed by atoms with Gasteiger partial charge in [0.2, 0.25) is 0 Å².